The van der Waals surface area contributed by atoms with E-state index in [-0.39, 0.29) is 6.42 Å². The van der Waals surface area contributed by atoms with Crippen LogP contribution in [-0.2, 0) is 22.2 Å². The number of halogens is 2. The van der Waals surface area contributed by atoms with Gasteiger partial charge in [-0.15, -0.1) is 16.9 Å². The van der Waals surface area contributed by atoms with Crippen LogP contribution >= 0.6 is 19.4 Å². The number of alkyl halides is 2. The van der Waals surface area contributed by atoms with Crippen LogP contribution in [0.2, 0.25) is 0 Å². The quantitative estimate of drug-likeness (QED) is 0.125. The molecule has 0 saturated carbocycles. The third kappa shape index (κ3) is 5.37. The zero-order chi connectivity index (χ0) is 31.0. The fourth-order valence-electron chi connectivity index (χ4n) is 5.56. The first-order valence-electron chi connectivity index (χ1n) is 13.8. The van der Waals surface area contributed by atoms with Crippen molar-refractivity contribution < 1.29 is 23.1 Å². The van der Waals surface area contributed by atoms with E-state index < -0.39 is 24.4 Å². The Balaban J connectivity index is 1.53. The van der Waals surface area contributed by atoms with Crippen molar-refractivity contribution in [1.29, 1.82) is 0 Å². The van der Waals surface area contributed by atoms with E-state index in [9.17, 15) is 23.1 Å². The van der Waals surface area contributed by atoms with Gasteiger partial charge in [-0.05, 0) is 58.3 Å². The maximum Gasteiger partial charge on any atom is 0.399 e. The first kappa shape index (κ1) is 29.9. The van der Waals surface area contributed by atoms with E-state index in [2.05, 4.69) is 58.8 Å². The van der Waals surface area contributed by atoms with Crippen molar-refractivity contribution in [1.82, 2.24) is 15.0 Å². The lowest BCUT2D eigenvalue weighted by atomic mass is 9.77. The molecule has 0 spiro atoms. The Kier molecular flexibility index (Phi) is 7.99. The Labute approximate surface area is 257 Å². The monoisotopic (exact) mass is 627 g/mol. The number of aromatic nitrogens is 3. The highest BCUT2D eigenvalue weighted by Gasteiger charge is 2.50. The lowest BCUT2D eigenvalue weighted by Gasteiger charge is -2.36. The molecule has 1 heterocycles. The fraction of sp³-hybridized carbons (Fsp3) is 0.118. The van der Waals surface area contributed by atoms with Gasteiger partial charge in [0.2, 0.25) is 0 Å². The molecule has 6 aromatic rings. The zero-order valence-electron chi connectivity index (χ0n) is 23.6. The van der Waals surface area contributed by atoms with Crippen LogP contribution in [0, 0.1) is 0 Å². The van der Waals surface area contributed by atoms with Crippen LogP contribution in [0.15, 0.2) is 132 Å². The molecular formula is C34H28F2N3O3PS. The van der Waals surface area contributed by atoms with Gasteiger partial charge in [0.05, 0.1) is 5.52 Å². The van der Waals surface area contributed by atoms with E-state index in [0.717, 1.165) is 39.9 Å². The van der Waals surface area contributed by atoms with Gasteiger partial charge >= 0.3 is 13.3 Å². The van der Waals surface area contributed by atoms with Crippen molar-refractivity contribution in [2.45, 2.75) is 22.5 Å². The van der Waals surface area contributed by atoms with Gasteiger partial charge < -0.3 is 9.79 Å². The van der Waals surface area contributed by atoms with Crippen molar-refractivity contribution in [3.63, 3.8) is 0 Å². The summed E-state index contributed by atoms with van der Waals surface area (Å²) in [5, 5.41) is 9.10. The molecule has 222 valence electrons. The molecule has 1 unspecified atom stereocenters. The van der Waals surface area contributed by atoms with Gasteiger partial charge in [0.25, 0.3) is 0 Å². The highest BCUT2D eigenvalue weighted by atomic mass is 32.2. The minimum absolute atomic E-state index is 0.286. The van der Waals surface area contributed by atoms with Gasteiger partial charge in [-0.2, -0.15) is 8.78 Å². The number of nitrogens with zero attached hydrogens (tertiary/aromatic N) is 3. The normalized spacial score (nSPS) is 13.6. The number of thioether (sulfide) groups is 1. The third-order valence-electron chi connectivity index (χ3n) is 7.88. The van der Waals surface area contributed by atoms with Crippen molar-refractivity contribution in [3.05, 3.63) is 150 Å². The Morgan fingerprint density at radius 3 is 1.89 bits per heavy atom. The number of para-hydroxylation sites is 1. The summed E-state index contributed by atoms with van der Waals surface area (Å²) in [6, 6.07) is 39.1. The number of benzene rings is 5. The summed E-state index contributed by atoms with van der Waals surface area (Å²) in [4.78, 5) is 19.7. The summed E-state index contributed by atoms with van der Waals surface area (Å²) in [5.41, 5.74) is 0.0556. The van der Waals surface area contributed by atoms with Crippen molar-refractivity contribution in [2.24, 2.45) is 0 Å². The summed E-state index contributed by atoms with van der Waals surface area (Å²) < 4.78 is 42.4. The Hall–Kier alpha value is -4.14. The number of hydrogen-bond donors (Lipinski definition) is 2. The lowest BCUT2D eigenvalue weighted by molar-refractivity contribution is 0.0564. The van der Waals surface area contributed by atoms with Crippen molar-refractivity contribution in [3.8, 4) is 11.1 Å². The molecular weight excluding hydrogens is 599 g/mol. The van der Waals surface area contributed by atoms with E-state index in [4.69, 9.17) is 0 Å². The summed E-state index contributed by atoms with van der Waals surface area (Å²) in [5.74, 6) is 0. The van der Waals surface area contributed by atoms with Gasteiger partial charge in [-0.3, -0.25) is 4.57 Å². The minimum Gasteiger partial charge on any atom is -0.320 e. The second kappa shape index (κ2) is 11.7. The Morgan fingerprint density at radius 2 is 1.27 bits per heavy atom. The molecule has 0 saturated heterocycles. The Bertz CT molecular complexity index is 1950. The topological polar surface area (TPSA) is 88.2 Å². The van der Waals surface area contributed by atoms with Crippen LogP contribution in [0.4, 0.5) is 8.78 Å². The van der Waals surface area contributed by atoms with Gasteiger partial charge in [0.15, 0.2) is 0 Å². The highest BCUT2D eigenvalue weighted by molar-refractivity contribution is 7.98. The lowest BCUT2D eigenvalue weighted by Crippen LogP contribution is -2.39. The van der Waals surface area contributed by atoms with E-state index in [1.54, 1.807) is 11.8 Å². The number of fused-ring (bicyclic) bond motifs is 1. The van der Waals surface area contributed by atoms with E-state index in [0.29, 0.717) is 11.1 Å². The third-order valence-corrected chi connectivity index (χ3v) is 9.61. The molecule has 0 aliphatic heterocycles. The molecule has 1 aromatic heterocycles. The summed E-state index contributed by atoms with van der Waals surface area (Å²) in [6.45, 7) is 0. The molecule has 6 nitrogen and oxygen atoms in total. The SMILES string of the molecule is CSc1ccc(-c2ccc(C(Cc3ccc(C(F)(F)P(=O)(O)O)cc3)(c3ccccc3)n3nnc4ccccc43)cc2)cc1. The first-order valence-corrected chi connectivity index (χ1v) is 16.6. The van der Waals surface area contributed by atoms with Gasteiger partial charge in [0.1, 0.15) is 11.1 Å². The molecule has 1 atom stereocenters. The number of hydrogen-bond acceptors (Lipinski definition) is 4. The maximum atomic E-state index is 14.5. The van der Waals surface area contributed by atoms with Gasteiger partial charge in [-0.1, -0.05) is 108 Å². The van der Waals surface area contributed by atoms with Gasteiger partial charge in [-0.25, -0.2) is 4.68 Å². The van der Waals surface area contributed by atoms with Crippen LogP contribution < -0.4 is 0 Å². The van der Waals surface area contributed by atoms with Crippen molar-refractivity contribution in [2.75, 3.05) is 6.26 Å². The van der Waals surface area contributed by atoms with Crippen molar-refractivity contribution >= 4 is 30.4 Å². The molecule has 5 aromatic carbocycles. The molecule has 0 amide bonds. The predicted octanol–water partition coefficient (Wildman–Crippen LogP) is 8.08. The average Bonchev–Trinajstić information content (AvgIpc) is 3.49. The smallest absolute Gasteiger partial charge is 0.320 e. The summed E-state index contributed by atoms with van der Waals surface area (Å²) in [6.07, 6.45) is 2.32. The molecule has 0 fully saturated rings. The zero-order valence-corrected chi connectivity index (χ0v) is 25.3. The highest BCUT2D eigenvalue weighted by Crippen LogP contribution is 2.59. The van der Waals surface area contributed by atoms with Crippen LogP contribution in [0.3, 0.4) is 0 Å². The van der Waals surface area contributed by atoms with Crippen LogP contribution in [0.1, 0.15) is 22.3 Å². The number of rotatable bonds is 9. The minimum atomic E-state index is -5.70. The molecule has 6 rings (SSSR count). The van der Waals surface area contributed by atoms with Crippen LogP contribution in [-0.4, -0.2) is 31.0 Å². The van der Waals surface area contributed by atoms with E-state index >= 15 is 0 Å². The largest absolute Gasteiger partial charge is 0.399 e. The summed E-state index contributed by atoms with van der Waals surface area (Å²) >= 11 is 1.68. The predicted molar refractivity (Wildman–Crippen MR) is 170 cm³/mol. The second-order valence-corrected chi connectivity index (χ2v) is 13.0. The first-order chi connectivity index (χ1) is 21.1. The fourth-order valence-corrected chi connectivity index (χ4v) is 6.46. The molecule has 0 aliphatic rings. The van der Waals surface area contributed by atoms with Crippen LogP contribution in [0.25, 0.3) is 22.2 Å². The van der Waals surface area contributed by atoms with Gasteiger partial charge in [0, 0.05) is 16.9 Å². The Morgan fingerprint density at radius 1 is 0.727 bits per heavy atom. The average molecular weight is 628 g/mol. The molecule has 0 bridgehead atoms. The van der Waals surface area contributed by atoms with Crippen LogP contribution in [0.5, 0.6) is 0 Å². The second-order valence-electron chi connectivity index (χ2n) is 10.5. The molecule has 44 heavy (non-hydrogen) atoms. The molecule has 0 aliphatic carbocycles. The molecule has 0 radical (unpaired) electrons. The van der Waals surface area contributed by atoms with E-state index in [1.807, 2.05) is 65.5 Å². The standard InChI is InChI=1S/C34H28F2N3O3PS/c1-44-30-21-15-26(16-22-30)25-13-19-28(20-14-25)33(27-7-3-2-4-8-27,39-32-10-6-5-9-31(32)37-38-39)23-24-11-17-29(18-12-24)34(35,36)43(40,41)42/h2-22H,23H2,1H3,(H2,40,41,42). The molecule has 2 N–H and O–H groups in total. The maximum absolute atomic E-state index is 14.5. The summed E-state index contributed by atoms with van der Waals surface area (Å²) in [7, 11) is -5.70. The van der Waals surface area contributed by atoms with E-state index in [1.165, 1.54) is 17.0 Å². The molecule has 10 heteroatoms.